The number of carboxylic acids is 1. The average molecular weight is 426 g/mol. The molecule has 2 heterocycles. The van der Waals surface area contributed by atoms with Crippen molar-refractivity contribution < 1.29 is 19.4 Å². The molecule has 1 aliphatic rings. The summed E-state index contributed by atoms with van der Waals surface area (Å²) < 4.78 is 13.7. The monoisotopic (exact) mass is 425 g/mol. The van der Waals surface area contributed by atoms with Crippen molar-refractivity contribution in [3.05, 3.63) is 70.9 Å². The molecule has 2 aromatic carbocycles. The number of aromatic nitrogens is 1. The normalized spacial score (nSPS) is 14.6. The van der Waals surface area contributed by atoms with Crippen LogP contribution in [0.5, 0.6) is 5.75 Å². The number of nitrogens with zero attached hydrogens (tertiary/aromatic N) is 1. The third-order valence-corrected chi connectivity index (χ3v) is 5.70. The predicted octanol–water partition coefficient (Wildman–Crippen LogP) is 5.61. The van der Waals surface area contributed by atoms with Gasteiger partial charge >= 0.3 is 5.97 Å². The zero-order chi connectivity index (χ0) is 21.1. The fraction of sp³-hybridized carbons (Fsp3) is 0.292. The van der Waals surface area contributed by atoms with Crippen molar-refractivity contribution in [1.29, 1.82) is 0 Å². The number of carbonyl (C=O) groups is 1. The van der Waals surface area contributed by atoms with Crippen LogP contribution in [0.2, 0.25) is 5.02 Å². The molecule has 1 aromatic heterocycles. The van der Waals surface area contributed by atoms with E-state index in [2.05, 4.69) is 0 Å². The summed E-state index contributed by atoms with van der Waals surface area (Å²) in [5.74, 6) is 0.286. The number of hydrogen-bond donors (Lipinski definition) is 1. The Morgan fingerprint density at radius 3 is 2.73 bits per heavy atom. The number of halogens is 1. The fourth-order valence-corrected chi connectivity index (χ4v) is 3.99. The first-order valence-electron chi connectivity index (χ1n) is 10.1. The topological polar surface area (TPSA) is 60.7 Å². The first-order valence-corrected chi connectivity index (χ1v) is 10.4. The molecule has 1 N–H and O–H groups in total. The van der Waals surface area contributed by atoms with Crippen molar-refractivity contribution in [3.8, 4) is 22.7 Å². The van der Waals surface area contributed by atoms with Crippen molar-refractivity contribution in [3.63, 3.8) is 0 Å². The Hall–Kier alpha value is -2.76. The number of rotatable bonds is 6. The number of hydrogen-bond acceptors (Lipinski definition) is 3. The molecule has 156 valence electrons. The molecular formula is C24H24ClNO4. The molecule has 0 unspecified atom stereocenters. The zero-order valence-electron chi connectivity index (χ0n) is 16.8. The van der Waals surface area contributed by atoms with Crippen LogP contribution >= 0.6 is 11.6 Å². The van der Waals surface area contributed by atoms with E-state index in [1.54, 1.807) is 18.2 Å². The summed E-state index contributed by atoms with van der Waals surface area (Å²) in [6, 6.07) is 16.6. The molecule has 0 spiro atoms. The Morgan fingerprint density at radius 2 is 1.97 bits per heavy atom. The molecule has 0 saturated carbocycles. The van der Waals surface area contributed by atoms with Gasteiger partial charge in [-0.3, -0.25) is 0 Å². The van der Waals surface area contributed by atoms with Crippen molar-refractivity contribution in [1.82, 2.24) is 4.57 Å². The molecule has 1 saturated heterocycles. The molecule has 6 heteroatoms. The van der Waals surface area contributed by atoms with Gasteiger partial charge in [0.15, 0.2) is 0 Å². The Bertz CT molecular complexity index is 1050. The molecule has 1 fully saturated rings. The minimum atomic E-state index is -0.952. The molecule has 0 radical (unpaired) electrons. The van der Waals surface area contributed by atoms with E-state index >= 15 is 0 Å². The molecule has 4 rings (SSSR count). The Balaban J connectivity index is 1.72. The first-order chi connectivity index (χ1) is 14.5. The van der Waals surface area contributed by atoms with E-state index < -0.39 is 5.97 Å². The van der Waals surface area contributed by atoms with Crippen LogP contribution in [0.25, 0.3) is 16.9 Å². The molecule has 1 aliphatic heterocycles. The van der Waals surface area contributed by atoms with Crippen molar-refractivity contribution >= 4 is 17.6 Å². The second kappa shape index (κ2) is 8.94. The van der Waals surface area contributed by atoms with Gasteiger partial charge in [-0.05, 0) is 74.2 Å². The van der Waals surface area contributed by atoms with Gasteiger partial charge in [-0.15, -0.1) is 0 Å². The minimum absolute atomic E-state index is 0.244. The van der Waals surface area contributed by atoms with Crippen molar-refractivity contribution in [2.24, 2.45) is 5.92 Å². The summed E-state index contributed by atoms with van der Waals surface area (Å²) in [6.45, 7) is 4.18. The van der Waals surface area contributed by atoms with E-state index in [1.807, 2.05) is 47.9 Å². The van der Waals surface area contributed by atoms with Gasteiger partial charge < -0.3 is 19.1 Å². The Kier molecular flexibility index (Phi) is 6.11. The second-order valence-corrected chi connectivity index (χ2v) is 7.99. The van der Waals surface area contributed by atoms with Crippen molar-refractivity contribution in [2.45, 2.75) is 19.8 Å². The molecule has 3 aromatic rings. The van der Waals surface area contributed by atoms with Crippen molar-refractivity contribution in [2.75, 3.05) is 19.8 Å². The van der Waals surface area contributed by atoms with Gasteiger partial charge in [0.05, 0.1) is 17.9 Å². The van der Waals surface area contributed by atoms with Crippen LogP contribution in [0, 0.1) is 12.8 Å². The van der Waals surface area contributed by atoms with Gasteiger partial charge in [0, 0.05) is 35.2 Å². The summed E-state index contributed by atoms with van der Waals surface area (Å²) in [6.07, 6.45) is 2.00. The van der Waals surface area contributed by atoms with E-state index in [9.17, 15) is 9.90 Å². The fourth-order valence-electron chi connectivity index (χ4n) is 3.82. The molecule has 0 aliphatic carbocycles. The molecule has 30 heavy (non-hydrogen) atoms. The number of carboxylic acid groups (broad SMARTS) is 1. The van der Waals surface area contributed by atoms with Gasteiger partial charge in [-0.1, -0.05) is 17.7 Å². The van der Waals surface area contributed by atoms with Gasteiger partial charge in [-0.2, -0.15) is 0 Å². The number of benzene rings is 2. The summed E-state index contributed by atoms with van der Waals surface area (Å²) in [4.78, 5) is 11.4. The largest absolute Gasteiger partial charge is 0.493 e. The number of ether oxygens (including phenoxy) is 2. The summed E-state index contributed by atoms with van der Waals surface area (Å²) in [5, 5.41) is 10.00. The lowest BCUT2D eigenvalue weighted by Gasteiger charge is -2.23. The highest BCUT2D eigenvalue weighted by Crippen LogP contribution is 2.36. The van der Waals surface area contributed by atoms with Crippen LogP contribution in [0.4, 0.5) is 0 Å². The maximum absolute atomic E-state index is 11.4. The standard InChI is InChI=1S/C24H24ClNO4/c1-16-5-7-22(26(16)20-4-2-3-18(13-20)24(27)28)21-14-19(25)6-8-23(21)30-15-17-9-11-29-12-10-17/h2-8,13-14,17H,9-12,15H2,1H3,(H,27,28). The maximum atomic E-state index is 11.4. The number of aryl methyl sites for hydroxylation is 1. The third kappa shape index (κ3) is 4.37. The Labute approximate surface area is 180 Å². The van der Waals surface area contributed by atoms with Gasteiger partial charge in [0.2, 0.25) is 0 Å². The van der Waals surface area contributed by atoms with Crippen LogP contribution in [-0.4, -0.2) is 35.5 Å². The van der Waals surface area contributed by atoms with Crippen LogP contribution in [0.15, 0.2) is 54.6 Å². The highest BCUT2D eigenvalue weighted by Gasteiger charge is 2.18. The minimum Gasteiger partial charge on any atom is -0.493 e. The molecule has 0 bridgehead atoms. The highest BCUT2D eigenvalue weighted by molar-refractivity contribution is 6.31. The average Bonchev–Trinajstić information content (AvgIpc) is 3.15. The van der Waals surface area contributed by atoms with Crippen LogP contribution < -0.4 is 4.74 Å². The van der Waals surface area contributed by atoms with Gasteiger partial charge in [0.1, 0.15) is 5.75 Å². The smallest absolute Gasteiger partial charge is 0.335 e. The molecule has 5 nitrogen and oxygen atoms in total. The molecule has 0 atom stereocenters. The second-order valence-electron chi connectivity index (χ2n) is 7.56. The SMILES string of the molecule is Cc1ccc(-c2cc(Cl)ccc2OCC2CCOCC2)n1-c1cccc(C(=O)O)c1. The molecular weight excluding hydrogens is 402 g/mol. The molecule has 0 amide bonds. The predicted molar refractivity (Wildman–Crippen MR) is 117 cm³/mol. The maximum Gasteiger partial charge on any atom is 0.335 e. The lowest BCUT2D eigenvalue weighted by atomic mass is 10.0. The van der Waals surface area contributed by atoms with E-state index in [-0.39, 0.29) is 5.56 Å². The quantitative estimate of drug-likeness (QED) is 0.557. The third-order valence-electron chi connectivity index (χ3n) is 5.46. The van der Waals surface area contributed by atoms with Gasteiger partial charge in [0.25, 0.3) is 0 Å². The highest BCUT2D eigenvalue weighted by atomic mass is 35.5. The van der Waals surface area contributed by atoms with E-state index in [1.165, 1.54) is 0 Å². The summed E-state index contributed by atoms with van der Waals surface area (Å²) in [7, 11) is 0. The summed E-state index contributed by atoms with van der Waals surface area (Å²) in [5.41, 5.74) is 3.79. The van der Waals surface area contributed by atoms with E-state index in [0.717, 1.165) is 54.4 Å². The Morgan fingerprint density at radius 1 is 1.17 bits per heavy atom. The van der Waals surface area contributed by atoms with Crippen LogP contribution in [0.1, 0.15) is 28.9 Å². The van der Waals surface area contributed by atoms with E-state index in [4.69, 9.17) is 21.1 Å². The van der Waals surface area contributed by atoms with E-state index in [0.29, 0.717) is 17.5 Å². The van der Waals surface area contributed by atoms with Crippen LogP contribution in [-0.2, 0) is 4.74 Å². The van der Waals surface area contributed by atoms with Crippen LogP contribution in [0.3, 0.4) is 0 Å². The lowest BCUT2D eigenvalue weighted by molar-refractivity contribution is 0.0498. The lowest BCUT2D eigenvalue weighted by Crippen LogP contribution is -2.21. The zero-order valence-corrected chi connectivity index (χ0v) is 17.6. The first kappa shape index (κ1) is 20.5. The van der Waals surface area contributed by atoms with Gasteiger partial charge in [-0.25, -0.2) is 4.79 Å². The summed E-state index contributed by atoms with van der Waals surface area (Å²) >= 11 is 6.33. The number of aromatic carboxylic acids is 1.